The number of hydrogen-bond donors (Lipinski definition) is 2. The number of imidazole rings is 1. The SMILES string of the molecule is Cc1cc(NS(C)(=O)=O)ccc1-n1c(-c2ccc(-n3ccnc3C)s2)[c-]cc1CCC(=O)O.[Be+2].[H-]. The van der Waals surface area contributed by atoms with E-state index in [-0.39, 0.29) is 18.0 Å². The van der Waals surface area contributed by atoms with E-state index in [1.807, 2.05) is 53.4 Å². The fraction of sp³-hybridized carbons (Fsp3) is 0.217. The average Bonchev–Trinajstić information content (AvgIpc) is 3.44. The molecule has 2 N–H and O–H groups in total. The predicted molar refractivity (Wildman–Crippen MR) is 136 cm³/mol. The number of nitrogens with one attached hydrogen (secondary N) is 1. The number of aryl methyl sites for hydroxylation is 3. The molecule has 0 unspecified atom stereocenters. The number of carbonyl (C=O) groups is 1. The number of thiophene rings is 1. The molecule has 4 aromatic rings. The molecule has 34 heavy (non-hydrogen) atoms. The molecule has 0 aliphatic carbocycles. The predicted octanol–water partition coefficient (Wildman–Crippen LogP) is 3.93. The summed E-state index contributed by atoms with van der Waals surface area (Å²) in [5.74, 6) is 0.0115. The fourth-order valence-corrected chi connectivity index (χ4v) is 5.27. The zero-order chi connectivity index (χ0) is 23.8. The summed E-state index contributed by atoms with van der Waals surface area (Å²) in [5.41, 5.74) is 3.77. The van der Waals surface area contributed by atoms with Gasteiger partial charge in [-0.25, -0.2) is 13.4 Å². The van der Waals surface area contributed by atoms with E-state index < -0.39 is 16.0 Å². The second kappa shape index (κ2) is 9.97. The van der Waals surface area contributed by atoms with Crippen molar-refractivity contribution in [2.45, 2.75) is 26.7 Å². The standard InChI is InChI=1S/C23H23N4O4S2.Be.H/c1-15-14-17(25-33(3,30)31)4-7-19(15)27-18(6-11-23(28)29)5-8-20(27)21-9-10-22(32-21)26-13-12-24-16(26)2;;/h4-5,7,9-10,12-14,25H,6,11H2,1-3H3,(H,28,29);;/q-1;+2;-1. The van der Waals surface area contributed by atoms with Crippen molar-refractivity contribution in [3.8, 4) is 21.3 Å². The summed E-state index contributed by atoms with van der Waals surface area (Å²) in [5, 5.41) is 10.2. The Balaban J connectivity index is 0.00000216. The van der Waals surface area contributed by atoms with Gasteiger partial charge in [0.05, 0.1) is 11.3 Å². The molecule has 0 aliphatic rings. The average molecular weight is 494 g/mol. The van der Waals surface area contributed by atoms with Crippen LogP contribution in [0.15, 0.2) is 48.8 Å². The second-order valence-electron chi connectivity index (χ2n) is 7.72. The van der Waals surface area contributed by atoms with E-state index in [9.17, 15) is 18.3 Å². The van der Waals surface area contributed by atoms with Crippen LogP contribution >= 0.6 is 11.3 Å². The molecular formula is C23H24BeN4O4S2. The van der Waals surface area contributed by atoms with Crippen molar-refractivity contribution < 1.29 is 19.7 Å². The van der Waals surface area contributed by atoms with Crippen LogP contribution in [0.2, 0.25) is 0 Å². The van der Waals surface area contributed by atoms with Crippen LogP contribution in [0.5, 0.6) is 0 Å². The van der Waals surface area contributed by atoms with E-state index in [0.29, 0.717) is 12.1 Å². The molecule has 3 aromatic heterocycles. The molecule has 8 nitrogen and oxygen atoms in total. The number of sulfonamides is 1. The quantitative estimate of drug-likeness (QED) is 0.286. The van der Waals surface area contributed by atoms with Gasteiger partial charge in [0.25, 0.3) is 0 Å². The van der Waals surface area contributed by atoms with E-state index in [0.717, 1.165) is 44.6 Å². The molecule has 4 rings (SSSR count). The van der Waals surface area contributed by atoms with Gasteiger partial charge >= 0.3 is 16.1 Å². The monoisotopic (exact) mass is 493 g/mol. The number of nitrogens with zero attached hydrogens (tertiary/aromatic N) is 3. The zero-order valence-electron chi connectivity index (χ0n) is 20.1. The topological polar surface area (TPSA) is 106 Å². The molecule has 0 radical (unpaired) electrons. The third-order valence-corrected chi connectivity index (χ3v) is 6.81. The summed E-state index contributed by atoms with van der Waals surface area (Å²) in [6.45, 7) is 3.83. The number of hydrogen-bond acceptors (Lipinski definition) is 5. The maximum atomic E-state index is 11.6. The van der Waals surface area contributed by atoms with Gasteiger partial charge in [-0.3, -0.25) is 14.1 Å². The van der Waals surface area contributed by atoms with E-state index in [1.165, 1.54) is 0 Å². The first kappa shape index (κ1) is 25.4. The minimum Gasteiger partial charge on any atom is -1.00 e. The van der Waals surface area contributed by atoms with Crippen LogP contribution < -0.4 is 4.72 Å². The number of carboxylic acids is 1. The number of aliphatic carboxylic acids is 1. The van der Waals surface area contributed by atoms with Gasteiger partial charge in [0.2, 0.25) is 10.0 Å². The molecule has 0 fully saturated rings. The Morgan fingerprint density at radius 2 is 2.03 bits per heavy atom. The fourth-order valence-electron chi connectivity index (χ4n) is 3.68. The van der Waals surface area contributed by atoms with Gasteiger partial charge in [-0.15, -0.1) is 0 Å². The number of rotatable bonds is 8. The summed E-state index contributed by atoms with van der Waals surface area (Å²) < 4.78 is 29.7. The summed E-state index contributed by atoms with van der Waals surface area (Å²) in [7, 11) is -3.39. The van der Waals surface area contributed by atoms with Crippen LogP contribution in [0.1, 0.15) is 24.9 Å². The van der Waals surface area contributed by atoms with Crippen molar-refractivity contribution >= 4 is 43.1 Å². The smallest absolute Gasteiger partial charge is 1.00 e. The maximum absolute atomic E-state index is 11.6. The molecule has 11 heteroatoms. The van der Waals surface area contributed by atoms with E-state index in [2.05, 4.69) is 15.8 Å². The first-order valence-electron chi connectivity index (χ1n) is 10.2. The Morgan fingerprint density at radius 3 is 2.65 bits per heavy atom. The Morgan fingerprint density at radius 1 is 1.26 bits per heavy atom. The molecule has 0 atom stereocenters. The number of carboxylic acid groups (broad SMARTS) is 1. The minimum atomic E-state index is -3.39. The second-order valence-corrected chi connectivity index (χ2v) is 10.5. The number of benzene rings is 1. The first-order chi connectivity index (χ1) is 15.6. The van der Waals surface area contributed by atoms with Gasteiger partial charge in [-0.1, -0.05) is 17.5 Å². The van der Waals surface area contributed by atoms with Crippen LogP contribution in [0, 0.1) is 19.9 Å². The molecule has 3 heterocycles. The van der Waals surface area contributed by atoms with Crippen LogP contribution in [-0.2, 0) is 21.2 Å². The number of anilines is 1. The first-order valence-corrected chi connectivity index (χ1v) is 12.9. The molecule has 0 aliphatic heterocycles. The van der Waals surface area contributed by atoms with Crippen molar-refractivity contribution in [2.75, 3.05) is 11.0 Å². The van der Waals surface area contributed by atoms with Gasteiger partial charge in [0.1, 0.15) is 5.82 Å². The van der Waals surface area contributed by atoms with Crippen LogP contribution in [0.3, 0.4) is 0 Å². The third-order valence-electron chi connectivity index (χ3n) is 5.11. The summed E-state index contributed by atoms with van der Waals surface area (Å²) in [6.07, 6.45) is 5.10. The maximum Gasteiger partial charge on any atom is 2.00 e. The van der Waals surface area contributed by atoms with Gasteiger partial charge in [-0.05, 0) is 55.0 Å². The minimum absolute atomic E-state index is 0. The summed E-state index contributed by atoms with van der Waals surface area (Å²) in [4.78, 5) is 16.5. The Bertz CT molecular complexity index is 1440. The van der Waals surface area contributed by atoms with Gasteiger partial charge < -0.3 is 11.1 Å². The van der Waals surface area contributed by atoms with Crippen molar-refractivity contribution in [2.24, 2.45) is 0 Å². The Hall–Kier alpha value is -3.20. The van der Waals surface area contributed by atoms with Crippen molar-refractivity contribution in [3.63, 3.8) is 0 Å². The molecule has 0 bridgehead atoms. The van der Waals surface area contributed by atoms with Gasteiger partial charge in [0.15, 0.2) is 0 Å². The van der Waals surface area contributed by atoms with E-state index in [1.54, 1.807) is 29.7 Å². The van der Waals surface area contributed by atoms with E-state index in [4.69, 9.17) is 0 Å². The molecular weight excluding hydrogens is 469 g/mol. The van der Waals surface area contributed by atoms with Crippen molar-refractivity contribution in [3.05, 3.63) is 71.9 Å². The van der Waals surface area contributed by atoms with Gasteiger partial charge in [0, 0.05) is 30.2 Å². The van der Waals surface area contributed by atoms with Crippen LogP contribution in [0.4, 0.5) is 5.69 Å². The Kier molecular flexibility index (Phi) is 7.45. The zero-order valence-corrected chi connectivity index (χ0v) is 20.7. The number of aromatic nitrogens is 3. The van der Waals surface area contributed by atoms with Gasteiger partial charge in [-0.2, -0.15) is 23.5 Å². The summed E-state index contributed by atoms with van der Waals surface area (Å²) in [6, 6.07) is 14.4. The molecule has 0 saturated carbocycles. The van der Waals surface area contributed by atoms with Crippen LogP contribution in [0.25, 0.3) is 21.3 Å². The van der Waals surface area contributed by atoms with Crippen LogP contribution in [-0.4, -0.2) is 50.0 Å². The third kappa shape index (κ3) is 5.47. The summed E-state index contributed by atoms with van der Waals surface area (Å²) >= 11 is 1.58. The largest absolute Gasteiger partial charge is 2.00 e. The molecule has 174 valence electrons. The molecule has 1 aromatic carbocycles. The van der Waals surface area contributed by atoms with Crippen molar-refractivity contribution in [1.82, 2.24) is 14.1 Å². The molecule has 0 amide bonds. The molecule has 0 saturated heterocycles. The normalized spacial score (nSPS) is 11.3. The van der Waals surface area contributed by atoms with Crippen molar-refractivity contribution in [1.29, 1.82) is 0 Å². The van der Waals surface area contributed by atoms with E-state index >= 15 is 0 Å². The molecule has 0 spiro atoms. The Labute approximate surface area is 207 Å².